The molecule has 0 bridgehead atoms. The van der Waals surface area contributed by atoms with Gasteiger partial charge in [0.15, 0.2) is 11.6 Å². The second kappa shape index (κ2) is 18.0. The summed E-state index contributed by atoms with van der Waals surface area (Å²) in [5.41, 5.74) is 3.17. The Kier molecular flexibility index (Phi) is 14.4. The first-order valence-electron chi connectivity index (χ1n) is 16.0. The van der Waals surface area contributed by atoms with Crippen molar-refractivity contribution in [2.45, 2.75) is 85.5 Å². The third-order valence-electron chi connectivity index (χ3n) is 8.24. The first-order valence-corrected chi connectivity index (χ1v) is 16.0. The molecule has 2 aromatic carbocycles. The van der Waals surface area contributed by atoms with Crippen molar-refractivity contribution in [2.24, 2.45) is 11.8 Å². The van der Waals surface area contributed by atoms with Gasteiger partial charge < -0.3 is 20.1 Å². The van der Waals surface area contributed by atoms with Crippen molar-refractivity contribution in [2.75, 3.05) is 50.2 Å². The fourth-order valence-corrected chi connectivity index (χ4v) is 5.54. The van der Waals surface area contributed by atoms with Gasteiger partial charge in [0.25, 0.3) is 0 Å². The molecule has 2 atom stereocenters. The van der Waals surface area contributed by atoms with E-state index in [2.05, 4.69) is 38.3 Å². The molecule has 0 saturated heterocycles. The van der Waals surface area contributed by atoms with Gasteiger partial charge in [-0.1, -0.05) is 96.9 Å². The molecule has 6 nitrogen and oxygen atoms in total. The first kappa shape index (κ1) is 32.8. The molecule has 41 heavy (non-hydrogen) atoms. The summed E-state index contributed by atoms with van der Waals surface area (Å²) in [5.74, 6) is 0.938. The number of ketones is 2. The van der Waals surface area contributed by atoms with E-state index in [1.54, 1.807) is 12.1 Å². The third-order valence-corrected chi connectivity index (χ3v) is 8.24. The summed E-state index contributed by atoms with van der Waals surface area (Å²) >= 11 is 0. The summed E-state index contributed by atoms with van der Waals surface area (Å²) in [4.78, 5) is 27.3. The number of nitrogens with one attached hydrogen (secondary N) is 2. The van der Waals surface area contributed by atoms with Gasteiger partial charge in [-0.05, 0) is 36.8 Å². The van der Waals surface area contributed by atoms with Crippen LogP contribution >= 0.6 is 0 Å². The van der Waals surface area contributed by atoms with Crippen molar-refractivity contribution < 1.29 is 19.1 Å². The zero-order valence-electron chi connectivity index (χ0n) is 25.9. The van der Waals surface area contributed by atoms with E-state index in [-0.39, 0.29) is 11.6 Å². The number of hydrogen-bond acceptors (Lipinski definition) is 6. The van der Waals surface area contributed by atoms with Crippen LogP contribution in [0.1, 0.15) is 117 Å². The summed E-state index contributed by atoms with van der Waals surface area (Å²) in [7, 11) is 0. The number of carbonyl (C=O) groups is 2. The maximum absolute atomic E-state index is 13.7. The molecule has 2 N–H and O–H groups in total. The predicted octanol–water partition coefficient (Wildman–Crippen LogP) is 8.14. The third kappa shape index (κ3) is 9.40. The zero-order chi connectivity index (χ0) is 29.5. The number of rotatable bonds is 21. The average Bonchev–Trinajstić information content (AvgIpc) is 2.99. The minimum absolute atomic E-state index is 0.123. The summed E-state index contributed by atoms with van der Waals surface area (Å²) in [5, 5.41) is 6.71. The fraction of sp³-hybridized carbons (Fsp3) is 0.600. The van der Waals surface area contributed by atoms with E-state index in [0.29, 0.717) is 71.8 Å². The van der Waals surface area contributed by atoms with Gasteiger partial charge in [0, 0.05) is 48.8 Å². The Morgan fingerprint density at radius 3 is 1.54 bits per heavy atom. The second-order valence-electron chi connectivity index (χ2n) is 11.3. The Labute approximate surface area is 248 Å². The second-order valence-corrected chi connectivity index (χ2v) is 11.3. The Morgan fingerprint density at radius 2 is 1.10 bits per heavy atom. The molecule has 0 heterocycles. The van der Waals surface area contributed by atoms with E-state index in [1.807, 2.05) is 24.3 Å². The normalized spacial score (nSPS) is 14.0. The minimum atomic E-state index is -0.123. The minimum Gasteiger partial charge on any atom is -0.382 e. The van der Waals surface area contributed by atoms with Gasteiger partial charge in [0.2, 0.25) is 0 Å². The molecule has 0 radical (unpaired) electrons. The molecule has 3 rings (SSSR count). The smallest absolute Gasteiger partial charge is 0.196 e. The Hall–Kier alpha value is -2.70. The average molecular weight is 565 g/mol. The van der Waals surface area contributed by atoms with Crippen LogP contribution in [0.15, 0.2) is 36.4 Å². The highest BCUT2D eigenvalue weighted by atomic mass is 16.5. The lowest BCUT2D eigenvalue weighted by molar-refractivity contribution is 0.0978. The lowest BCUT2D eigenvalue weighted by Crippen LogP contribution is -2.25. The summed E-state index contributed by atoms with van der Waals surface area (Å²) < 4.78 is 11.9. The topological polar surface area (TPSA) is 76.7 Å². The van der Waals surface area contributed by atoms with E-state index in [0.717, 1.165) is 26.1 Å². The lowest BCUT2D eigenvalue weighted by atomic mass is 9.82. The SMILES string of the molecule is CCCCCC(CC)COCCNc1cccc2c1C(=O)c1cccc(NCCOCC(CC)CCCC)c1C2=O. The molecule has 0 aliphatic heterocycles. The molecule has 0 fully saturated rings. The van der Waals surface area contributed by atoms with Crippen LogP contribution in [0.3, 0.4) is 0 Å². The molecule has 1 aliphatic rings. The van der Waals surface area contributed by atoms with Gasteiger partial charge in [-0.2, -0.15) is 0 Å². The fourth-order valence-electron chi connectivity index (χ4n) is 5.54. The van der Waals surface area contributed by atoms with Crippen LogP contribution in [0.4, 0.5) is 11.4 Å². The number of anilines is 2. The van der Waals surface area contributed by atoms with Gasteiger partial charge in [-0.25, -0.2) is 0 Å². The number of carbonyl (C=O) groups excluding carboxylic acids is 2. The number of unbranched alkanes of at least 4 members (excludes halogenated alkanes) is 3. The highest BCUT2D eigenvalue weighted by Gasteiger charge is 2.33. The van der Waals surface area contributed by atoms with Crippen molar-refractivity contribution in [1.29, 1.82) is 0 Å². The van der Waals surface area contributed by atoms with Crippen LogP contribution in [-0.4, -0.2) is 51.1 Å². The van der Waals surface area contributed by atoms with Crippen LogP contribution in [-0.2, 0) is 9.47 Å². The summed E-state index contributed by atoms with van der Waals surface area (Å²) in [6.45, 7) is 12.7. The van der Waals surface area contributed by atoms with Crippen LogP contribution in [0.25, 0.3) is 0 Å². The van der Waals surface area contributed by atoms with Crippen LogP contribution in [0.5, 0.6) is 0 Å². The first-order chi connectivity index (χ1) is 20.0. The highest BCUT2D eigenvalue weighted by Crippen LogP contribution is 2.35. The van der Waals surface area contributed by atoms with Crippen molar-refractivity contribution in [1.82, 2.24) is 0 Å². The lowest BCUT2D eigenvalue weighted by Gasteiger charge is -2.23. The maximum Gasteiger partial charge on any atom is 0.196 e. The van der Waals surface area contributed by atoms with E-state index in [1.165, 1.54) is 44.9 Å². The largest absolute Gasteiger partial charge is 0.382 e. The zero-order valence-corrected chi connectivity index (χ0v) is 25.9. The van der Waals surface area contributed by atoms with Crippen LogP contribution in [0.2, 0.25) is 0 Å². The molecule has 2 unspecified atom stereocenters. The molecule has 2 aromatic rings. The molecule has 0 aromatic heterocycles. The van der Waals surface area contributed by atoms with Crippen molar-refractivity contribution in [3.8, 4) is 0 Å². The van der Waals surface area contributed by atoms with Crippen molar-refractivity contribution >= 4 is 22.9 Å². The van der Waals surface area contributed by atoms with Gasteiger partial charge >= 0.3 is 0 Å². The molecule has 0 amide bonds. The summed E-state index contributed by atoms with van der Waals surface area (Å²) in [6, 6.07) is 10.9. The molecule has 0 saturated carbocycles. The van der Waals surface area contributed by atoms with Gasteiger partial charge in [0.05, 0.1) is 24.3 Å². The maximum atomic E-state index is 13.7. The van der Waals surface area contributed by atoms with Crippen molar-refractivity contribution in [3.63, 3.8) is 0 Å². The molecular formula is C35H52N2O4. The van der Waals surface area contributed by atoms with E-state index in [9.17, 15) is 9.59 Å². The quantitative estimate of drug-likeness (QED) is 0.127. The van der Waals surface area contributed by atoms with Crippen molar-refractivity contribution in [3.05, 3.63) is 58.7 Å². The van der Waals surface area contributed by atoms with E-state index < -0.39 is 0 Å². The standard InChI is InChI=1S/C35H52N2O4/c1-5-9-11-15-27(8-4)25-41-23-21-37-31-19-13-17-29-33(31)35(39)28-16-12-18-30(32(28)34(29)38)36-20-22-40-24-26(7-3)14-10-6-2/h12-13,16-19,26-27,36-37H,5-11,14-15,20-25H2,1-4H3. The van der Waals surface area contributed by atoms with Gasteiger partial charge in [-0.3, -0.25) is 9.59 Å². The monoisotopic (exact) mass is 564 g/mol. The molecule has 0 spiro atoms. The van der Waals surface area contributed by atoms with E-state index >= 15 is 0 Å². The number of ether oxygens (including phenoxy) is 2. The number of hydrogen-bond donors (Lipinski definition) is 2. The highest BCUT2D eigenvalue weighted by molar-refractivity contribution is 6.31. The van der Waals surface area contributed by atoms with Crippen LogP contribution < -0.4 is 10.6 Å². The molecular weight excluding hydrogens is 512 g/mol. The Bertz CT molecular complexity index is 1100. The molecule has 1 aliphatic carbocycles. The summed E-state index contributed by atoms with van der Waals surface area (Å²) in [6.07, 6.45) is 10.9. The molecule has 226 valence electrons. The Morgan fingerprint density at radius 1 is 0.634 bits per heavy atom. The molecule has 6 heteroatoms. The van der Waals surface area contributed by atoms with Gasteiger partial charge in [-0.15, -0.1) is 0 Å². The predicted molar refractivity (Wildman–Crippen MR) is 170 cm³/mol. The van der Waals surface area contributed by atoms with Gasteiger partial charge in [0.1, 0.15) is 0 Å². The van der Waals surface area contributed by atoms with Crippen LogP contribution in [0, 0.1) is 11.8 Å². The number of fused-ring (bicyclic) bond motifs is 2. The Balaban J connectivity index is 1.57. The number of benzene rings is 2. The van der Waals surface area contributed by atoms with E-state index in [4.69, 9.17) is 9.47 Å².